The summed E-state index contributed by atoms with van der Waals surface area (Å²) in [5.74, 6) is 1.51. The molecule has 0 bridgehead atoms. The minimum Gasteiger partial charge on any atom is -0.491 e. The molecule has 1 aromatic carbocycles. The maximum absolute atomic E-state index is 10.4. The van der Waals surface area contributed by atoms with E-state index in [0.29, 0.717) is 12.5 Å². The highest BCUT2D eigenvalue weighted by Gasteiger charge is 2.08. The van der Waals surface area contributed by atoms with Crippen LogP contribution in [0.4, 0.5) is 0 Å². The number of aliphatic imine (C=N–C) groups is 1. The Hall–Kier alpha value is -2.54. The molecule has 1 heterocycles. The maximum atomic E-state index is 10.4. The first-order chi connectivity index (χ1) is 13.1. The molecule has 0 spiro atoms. The van der Waals surface area contributed by atoms with E-state index in [0.717, 1.165) is 37.4 Å². The molecule has 1 aromatic heterocycles. The van der Waals surface area contributed by atoms with Crippen LogP contribution < -0.4 is 15.4 Å². The van der Waals surface area contributed by atoms with E-state index in [1.807, 2.05) is 62.1 Å². The standard InChI is InChI=1S/C20H31N5O2/c1-4-22-20(23-10-5-12-25-13-11-21-15-25)24-14-19(26)17-6-8-18(9-7-17)27-16(2)3/h6-9,11,13,15-16,19,26H,4-5,10,12,14H2,1-3H3,(H2,22,23,24). The van der Waals surface area contributed by atoms with Crippen molar-refractivity contribution in [1.29, 1.82) is 0 Å². The van der Waals surface area contributed by atoms with Gasteiger partial charge in [0.15, 0.2) is 5.96 Å². The number of aliphatic hydroxyl groups is 1. The molecule has 0 aliphatic heterocycles. The second kappa shape index (κ2) is 11.2. The molecule has 0 saturated carbocycles. The van der Waals surface area contributed by atoms with Gasteiger partial charge in [-0.3, -0.25) is 4.99 Å². The van der Waals surface area contributed by atoms with Crippen molar-refractivity contribution in [3.05, 3.63) is 48.5 Å². The van der Waals surface area contributed by atoms with Gasteiger partial charge >= 0.3 is 0 Å². The number of nitrogens with zero attached hydrogens (tertiary/aromatic N) is 3. The fraction of sp³-hybridized carbons (Fsp3) is 0.500. The van der Waals surface area contributed by atoms with Crippen molar-refractivity contribution >= 4 is 5.96 Å². The van der Waals surface area contributed by atoms with E-state index in [1.165, 1.54) is 0 Å². The monoisotopic (exact) mass is 373 g/mol. The van der Waals surface area contributed by atoms with Gasteiger partial charge in [0.25, 0.3) is 0 Å². The lowest BCUT2D eigenvalue weighted by Crippen LogP contribution is -2.38. The highest BCUT2D eigenvalue weighted by atomic mass is 16.5. The van der Waals surface area contributed by atoms with Crippen molar-refractivity contribution in [3.8, 4) is 5.75 Å². The van der Waals surface area contributed by atoms with Crippen LogP contribution in [0.25, 0.3) is 0 Å². The third-order valence-corrected chi connectivity index (χ3v) is 3.85. The molecule has 27 heavy (non-hydrogen) atoms. The quantitative estimate of drug-likeness (QED) is 0.338. The zero-order valence-electron chi connectivity index (χ0n) is 16.4. The Balaban J connectivity index is 1.81. The zero-order valence-corrected chi connectivity index (χ0v) is 16.4. The molecule has 0 radical (unpaired) electrons. The number of rotatable bonds is 10. The third-order valence-electron chi connectivity index (χ3n) is 3.85. The van der Waals surface area contributed by atoms with Gasteiger partial charge in [0.2, 0.25) is 0 Å². The Kier molecular flexibility index (Phi) is 8.64. The molecule has 3 N–H and O–H groups in total. The van der Waals surface area contributed by atoms with Crippen LogP contribution in [-0.2, 0) is 6.54 Å². The number of imidazole rings is 1. The minimum atomic E-state index is -0.653. The number of aromatic nitrogens is 2. The number of hydrogen-bond acceptors (Lipinski definition) is 4. The molecule has 2 rings (SSSR count). The van der Waals surface area contributed by atoms with Crippen molar-refractivity contribution in [3.63, 3.8) is 0 Å². The van der Waals surface area contributed by atoms with Crippen LogP contribution in [0, 0.1) is 0 Å². The van der Waals surface area contributed by atoms with E-state index in [2.05, 4.69) is 20.6 Å². The summed E-state index contributed by atoms with van der Waals surface area (Å²) in [6.07, 6.45) is 5.98. The van der Waals surface area contributed by atoms with E-state index in [4.69, 9.17) is 4.74 Å². The van der Waals surface area contributed by atoms with Crippen LogP contribution in [0.2, 0.25) is 0 Å². The molecule has 0 aliphatic rings. The molecule has 0 aliphatic carbocycles. The Morgan fingerprint density at radius 1 is 1.26 bits per heavy atom. The molecule has 0 fully saturated rings. The Bertz CT molecular complexity index is 668. The van der Waals surface area contributed by atoms with E-state index >= 15 is 0 Å². The van der Waals surface area contributed by atoms with Gasteiger partial charge in [-0.15, -0.1) is 0 Å². The fourth-order valence-electron chi connectivity index (χ4n) is 2.55. The summed E-state index contributed by atoms with van der Waals surface area (Å²) in [6.45, 7) is 8.75. The van der Waals surface area contributed by atoms with Crippen LogP contribution in [0.15, 0.2) is 48.0 Å². The molecule has 2 aromatic rings. The van der Waals surface area contributed by atoms with Crippen LogP contribution in [-0.4, -0.2) is 46.4 Å². The molecular weight excluding hydrogens is 342 g/mol. The first-order valence-electron chi connectivity index (χ1n) is 9.51. The van der Waals surface area contributed by atoms with Crippen molar-refractivity contribution < 1.29 is 9.84 Å². The number of ether oxygens (including phenoxy) is 1. The van der Waals surface area contributed by atoms with Crippen LogP contribution in [0.3, 0.4) is 0 Å². The lowest BCUT2D eigenvalue weighted by atomic mass is 10.1. The number of benzene rings is 1. The maximum Gasteiger partial charge on any atom is 0.191 e. The van der Waals surface area contributed by atoms with Crippen molar-refractivity contribution in [2.24, 2.45) is 4.99 Å². The van der Waals surface area contributed by atoms with Crippen LogP contribution >= 0.6 is 0 Å². The molecule has 0 amide bonds. The molecule has 148 valence electrons. The average Bonchev–Trinajstić information content (AvgIpc) is 3.16. The molecule has 0 saturated heterocycles. The molecule has 7 heteroatoms. The van der Waals surface area contributed by atoms with Gasteiger partial charge in [-0.1, -0.05) is 12.1 Å². The van der Waals surface area contributed by atoms with Gasteiger partial charge in [0.05, 0.1) is 25.1 Å². The smallest absolute Gasteiger partial charge is 0.191 e. The SMILES string of the molecule is CCNC(=NCC(O)c1ccc(OC(C)C)cc1)NCCCn1ccnc1. The second-order valence-electron chi connectivity index (χ2n) is 6.55. The van der Waals surface area contributed by atoms with Gasteiger partial charge in [-0.05, 0) is 44.9 Å². The first kappa shape index (κ1) is 20.8. The van der Waals surface area contributed by atoms with Crippen LogP contribution in [0.1, 0.15) is 38.9 Å². The summed E-state index contributed by atoms with van der Waals surface area (Å²) < 4.78 is 7.67. The number of nitrogens with one attached hydrogen (secondary N) is 2. The summed E-state index contributed by atoms with van der Waals surface area (Å²) in [5.41, 5.74) is 0.825. The topological polar surface area (TPSA) is 83.7 Å². The summed E-state index contributed by atoms with van der Waals surface area (Å²) in [4.78, 5) is 8.52. The largest absolute Gasteiger partial charge is 0.491 e. The second-order valence-corrected chi connectivity index (χ2v) is 6.55. The number of hydrogen-bond donors (Lipinski definition) is 3. The molecule has 1 unspecified atom stereocenters. The van der Waals surface area contributed by atoms with Gasteiger partial charge in [-0.25, -0.2) is 4.98 Å². The van der Waals surface area contributed by atoms with Crippen LogP contribution in [0.5, 0.6) is 5.75 Å². The Morgan fingerprint density at radius 2 is 2.04 bits per heavy atom. The highest BCUT2D eigenvalue weighted by molar-refractivity contribution is 5.79. The first-order valence-corrected chi connectivity index (χ1v) is 9.51. The summed E-state index contributed by atoms with van der Waals surface area (Å²) in [5, 5.41) is 16.9. The lowest BCUT2D eigenvalue weighted by Gasteiger charge is -2.14. The van der Waals surface area contributed by atoms with E-state index in [-0.39, 0.29) is 6.10 Å². The van der Waals surface area contributed by atoms with E-state index in [9.17, 15) is 5.11 Å². The van der Waals surface area contributed by atoms with Crippen molar-refractivity contribution in [2.75, 3.05) is 19.6 Å². The van der Waals surface area contributed by atoms with Crippen molar-refractivity contribution in [1.82, 2.24) is 20.2 Å². The zero-order chi connectivity index (χ0) is 19.5. The minimum absolute atomic E-state index is 0.132. The van der Waals surface area contributed by atoms with Gasteiger partial charge < -0.3 is 25.0 Å². The Morgan fingerprint density at radius 3 is 2.67 bits per heavy atom. The molecule has 7 nitrogen and oxygen atoms in total. The predicted octanol–water partition coefficient (Wildman–Crippen LogP) is 2.35. The summed E-state index contributed by atoms with van der Waals surface area (Å²) >= 11 is 0. The molecular formula is C20H31N5O2. The summed E-state index contributed by atoms with van der Waals surface area (Å²) in [7, 11) is 0. The van der Waals surface area contributed by atoms with Gasteiger partial charge in [-0.2, -0.15) is 0 Å². The Labute approximate surface area is 161 Å². The van der Waals surface area contributed by atoms with E-state index < -0.39 is 6.10 Å². The highest BCUT2D eigenvalue weighted by Crippen LogP contribution is 2.19. The van der Waals surface area contributed by atoms with Crippen molar-refractivity contribution in [2.45, 2.75) is 45.9 Å². The molecule has 1 atom stereocenters. The van der Waals surface area contributed by atoms with E-state index in [1.54, 1.807) is 6.20 Å². The van der Waals surface area contributed by atoms with Gasteiger partial charge in [0.1, 0.15) is 5.75 Å². The van der Waals surface area contributed by atoms with Gasteiger partial charge in [0, 0.05) is 32.0 Å². The number of aliphatic hydroxyl groups excluding tert-OH is 1. The summed E-state index contributed by atoms with van der Waals surface area (Å²) in [6, 6.07) is 7.51. The third kappa shape index (κ3) is 7.70. The lowest BCUT2D eigenvalue weighted by molar-refractivity contribution is 0.186. The normalized spacial score (nSPS) is 12.9. The average molecular weight is 374 g/mol. The fourth-order valence-corrected chi connectivity index (χ4v) is 2.55. The number of guanidine groups is 1. The predicted molar refractivity (Wildman–Crippen MR) is 108 cm³/mol. The number of aryl methyl sites for hydroxylation is 1.